The van der Waals surface area contributed by atoms with Crippen LogP contribution in [0.3, 0.4) is 0 Å². The zero-order valence-corrected chi connectivity index (χ0v) is 14.3. The molecule has 1 heterocycles. The minimum atomic E-state index is -0.622. The van der Waals surface area contributed by atoms with Crippen molar-refractivity contribution in [2.45, 2.75) is 45.1 Å². The summed E-state index contributed by atoms with van der Waals surface area (Å²) in [5.74, 6) is 0. The van der Waals surface area contributed by atoms with Gasteiger partial charge in [0.15, 0.2) is 0 Å². The molecule has 0 bridgehead atoms. The van der Waals surface area contributed by atoms with E-state index in [0.29, 0.717) is 6.54 Å². The lowest BCUT2D eigenvalue weighted by atomic mass is 9.71. The van der Waals surface area contributed by atoms with Crippen LogP contribution in [-0.2, 0) is 17.4 Å². The predicted molar refractivity (Wildman–Crippen MR) is 91.0 cm³/mol. The Hall–Kier alpha value is -2.60. The van der Waals surface area contributed by atoms with E-state index in [4.69, 9.17) is 0 Å². The fourth-order valence-electron chi connectivity index (χ4n) is 2.56. The van der Waals surface area contributed by atoms with Crippen molar-refractivity contribution in [3.05, 3.63) is 41.5 Å². The van der Waals surface area contributed by atoms with Crippen LogP contribution in [0.1, 0.15) is 44.4 Å². The van der Waals surface area contributed by atoms with Crippen molar-refractivity contribution < 1.29 is 0 Å². The summed E-state index contributed by atoms with van der Waals surface area (Å²) in [4.78, 5) is 3.97. The number of nitrogens with zero attached hydrogens (tertiary/aromatic N) is 5. The van der Waals surface area contributed by atoms with Crippen LogP contribution in [-0.4, -0.2) is 22.6 Å². The molecule has 1 aromatic carbocycles. The number of hydrogen-bond donors (Lipinski definition) is 0. The third-order valence-corrected chi connectivity index (χ3v) is 4.27. The van der Waals surface area contributed by atoms with Gasteiger partial charge in [-0.05, 0) is 44.4 Å². The highest BCUT2D eigenvalue weighted by Gasteiger charge is 2.28. The Morgan fingerprint density at radius 3 is 2.30 bits per heavy atom. The zero-order valence-electron chi connectivity index (χ0n) is 14.3. The molecule has 0 fully saturated rings. The van der Waals surface area contributed by atoms with E-state index in [0.717, 1.165) is 22.2 Å². The van der Waals surface area contributed by atoms with Crippen LogP contribution >= 0.6 is 0 Å². The fourth-order valence-corrected chi connectivity index (χ4v) is 2.56. The van der Waals surface area contributed by atoms with E-state index in [2.05, 4.69) is 22.2 Å². The first-order valence-electron chi connectivity index (χ1n) is 7.50. The number of nitriles is 2. The average molecular weight is 305 g/mol. The summed E-state index contributed by atoms with van der Waals surface area (Å²) in [5, 5.41) is 23.2. The first-order valence-corrected chi connectivity index (χ1v) is 7.50. The Morgan fingerprint density at radius 2 is 1.78 bits per heavy atom. The van der Waals surface area contributed by atoms with Gasteiger partial charge in [0.05, 0.1) is 29.5 Å². The van der Waals surface area contributed by atoms with Crippen LogP contribution in [0, 0.1) is 22.7 Å². The van der Waals surface area contributed by atoms with Crippen LogP contribution in [0.2, 0.25) is 0 Å². The van der Waals surface area contributed by atoms with Gasteiger partial charge in [-0.15, -0.1) is 0 Å². The van der Waals surface area contributed by atoms with Gasteiger partial charge in [0, 0.05) is 0 Å². The van der Waals surface area contributed by atoms with Crippen LogP contribution in [0.15, 0.2) is 24.8 Å². The molecule has 0 N–H and O–H groups in total. The van der Waals surface area contributed by atoms with E-state index in [1.807, 2.05) is 47.7 Å². The molecular formula is C17H20BN5. The molecule has 0 saturated carbocycles. The molecule has 0 aliphatic carbocycles. The first kappa shape index (κ1) is 16.8. The van der Waals surface area contributed by atoms with Crippen molar-refractivity contribution in [3.8, 4) is 12.1 Å². The van der Waals surface area contributed by atoms with E-state index in [1.54, 1.807) is 11.0 Å². The van der Waals surface area contributed by atoms with E-state index >= 15 is 0 Å². The smallest absolute Gasteiger partial charge is 0.140 e. The van der Waals surface area contributed by atoms with E-state index in [9.17, 15) is 10.5 Å². The van der Waals surface area contributed by atoms with Crippen molar-refractivity contribution in [2.75, 3.05) is 0 Å². The zero-order chi connectivity index (χ0) is 17.3. The molecule has 23 heavy (non-hydrogen) atoms. The third kappa shape index (κ3) is 3.27. The number of hydrogen-bond acceptors (Lipinski definition) is 4. The van der Waals surface area contributed by atoms with Crippen molar-refractivity contribution in [2.24, 2.45) is 0 Å². The molecule has 0 radical (unpaired) electrons. The summed E-state index contributed by atoms with van der Waals surface area (Å²) in [6.07, 6.45) is 3.16. The van der Waals surface area contributed by atoms with Crippen molar-refractivity contribution in [1.29, 1.82) is 10.5 Å². The predicted octanol–water partition coefficient (Wildman–Crippen LogP) is 1.19. The van der Waals surface area contributed by atoms with Gasteiger partial charge in [-0.2, -0.15) is 15.6 Å². The quantitative estimate of drug-likeness (QED) is 0.795. The van der Waals surface area contributed by atoms with Gasteiger partial charge in [-0.3, -0.25) is 0 Å². The summed E-state index contributed by atoms with van der Waals surface area (Å²) in [6.45, 7) is 8.14. The monoisotopic (exact) mass is 305 g/mol. The van der Waals surface area contributed by atoms with E-state index in [-0.39, 0.29) is 0 Å². The van der Waals surface area contributed by atoms with Gasteiger partial charge in [-0.1, -0.05) is 17.6 Å². The summed E-state index contributed by atoms with van der Waals surface area (Å²) < 4.78 is 1.74. The molecule has 2 aromatic rings. The fraction of sp³-hybridized carbons (Fsp3) is 0.412. The molecule has 1 aromatic heterocycles. The largest absolute Gasteiger partial charge is 0.249 e. The summed E-state index contributed by atoms with van der Waals surface area (Å²) in [7, 11) is 2.02. The Bertz CT molecular complexity index is 792. The van der Waals surface area contributed by atoms with Gasteiger partial charge in [-0.25, -0.2) is 9.67 Å². The Balaban J connectivity index is 2.66. The van der Waals surface area contributed by atoms with E-state index in [1.165, 1.54) is 6.33 Å². The Kier molecular flexibility index (Phi) is 4.30. The Morgan fingerprint density at radius 1 is 1.13 bits per heavy atom. The highest BCUT2D eigenvalue weighted by Crippen LogP contribution is 2.29. The van der Waals surface area contributed by atoms with Crippen LogP contribution in [0.4, 0.5) is 0 Å². The lowest BCUT2D eigenvalue weighted by Crippen LogP contribution is -2.30. The molecule has 0 amide bonds. The standard InChI is InChI=1S/C17H20BN5/c1-16(2,8-19)13-5-12(7-23-11-21-10-22-23)15(18)14(6-13)17(3,4)9-20/h5-6,10-11H,7,18H2,1-4H3. The van der Waals surface area contributed by atoms with Crippen LogP contribution in [0.5, 0.6) is 0 Å². The molecule has 6 heteroatoms. The highest BCUT2D eigenvalue weighted by molar-refractivity contribution is 6.34. The second kappa shape index (κ2) is 5.89. The molecular weight excluding hydrogens is 285 g/mol. The van der Waals surface area contributed by atoms with Crippen molar-refractivity contribution in [1.82, 2.24) is 14.8 Å². The van der Waals surface area contributed by atoms with Crippen LogP contribution < -0.4 is 5.46 Å². The molecule has 0 saturated heterocycles. The lowest BCUT2D eigenvalue weighted by Gasteiger charge is -2.26. The molecule has 2 rings (SSSR count). The molecule has 0 unspecified atom stereocenters. The summed E-state index contributed by atoms with van der Waals surface area (Å²) in [5.41, 5.74) is 2.74. The lowest BCUT2D eigenvalue weighted by molar-refractivity contribution is 0.651. The van der Waals surface area contributed by atoms with Gasteiger partial charge < -0.3 is 0 Å². The molecule has 116 valence electrons. The van der Waals surface area contributed by atoms with Gasteiger partial charge in [0.2, 0.25) is 0 Å². The summed E-state index contributed by atoms with van der Waals surface area (Å²) in [6, 6.07) is 8.74. The second-order valence-electron chi connectivity index (χ2n) is 6.87. The molecule has 0 atom stereocenters. The first-order chi connectivity index (χ1) is 10.7. The topological polar surface area (TPSA) is 78.3 Å². The Labute approximate surface area is 138 Å². The number of aromatic nitrogens is 3. The molecule has 0 spiro atoms. The number of rotatable bonds is 4. The molecule has 0 aliphatic rings. The van der Waals surface area contributed by atoms with Gasteiger partial charge >= 0.3 is 0 Å². The highest BCUT2D eigenvalue weighted by atomic mass is 15.3. The summed E-state index contributed by atoms with van der Waals surface area (Å²) >= 11 is 0. The van der Waals surface area contributed by atoms with Crippen molar-refractivity contribution >= 4 is 13.3 Å². The van der Waals surface area contributed by atoms with Gasteiger partial charge in [0.25, 0.3) is 0 Å². The van der Waals surface area contributed by atoms with Gasteiger partial charge in [0.1, 0.15) is 20.5 Å². The van der Waals surface area contributed by atoms with Crippen LogP contribution in [0.25, 0.3) is 0 Å². The number of benzene rings is 1. The maximum Gasteiger partial charge on any atom is 0.140 e. The molecule has 5 nitrogen and oxygen atoms in total. The molecule has 0 aliphatic heterocycles. The van der Waals surface area contributed by atoms with Crippen molar-refractivity contribution in [3.63, 3.8) is 0 Å². The SMILES string of the molecule is Bc1c(Cn2cncn2)cc(C(C)(C)C#N)cc1C(C)(C)C#N. The maximum atomic E-state index is 9.53. The normalized spacial score (nSPS) is 11.7. The maximum absolute atomic E-state index is 9.53. The van der Waals surface area contributed by atoms with E-state index < -0.39 is 10.8 Å². The minimum Gasteiger partial charge on any atom is -0.249 e. The second-order valence-corrected chi connectivity index (χ2v) is 6.87. The average Bonchev–Trinajstić information content (AvgIpc) is 3.01. The third-order valence-electron chi connectivity index (χ3n) is 4.27. The minimum absolute atomic E-state index is 0.565.